The number of hydrogen-bond acceptors (Lipinski definition) is 5. The normalized spacial score (nSPS) is 10.5. The summed E-state index contributed by atoms with van der Waals surface area (Å²) < 4.78 is 5.01. The zero-order chi connectivity index (χ0) is 20.4. The molecule has 0 aliphatic heterocycles. The molecule has 0 bridgehead atoms. The number of ether oxygens (including phenoxy) is 1. The zero-order valence-electron chi connectivity index (χ0n) is 14.8. The van der Waals surface area contributed by atoms with E-state index in [1.54, 1.807) is 60.7 Å². The summed E-state index contributed by atoms with van der Waals surface area (Å²) in [7, 11) is 0. The molecule has 0 atom stereocenters. The van der Waals surface area contributed by atoms with E-state index in [4.69, 9.17) is 21.6 Å². The number of anilines is 1. The van der Waals surface area contributed by atoms with Crippen molar-refractivity contribution in [1.29, 1.82) is 10.5 Å². The number of carbonyl (C=O) groups excluding carboxylic acids is 2. The molecule has 0 heterocycles. The van der Waals surface area contributed by atoms with Crippen molar-refractivity contribution in [3.05, 3.63) is 70.8 Å². The maximum absolute atomic E-state index is 12.5. The Balaban J connectivity index is 2.06. The van der Waals surface area contributed by atoms with Crippen LogP contribution in [0.25, 0.3) is 6.08 Å². The number of nitrogens with zero attached hydrogens (tertiary/aromatic N) is 3. The SMILES string of the molecule is N#CCCN(C(=O)COC(=O)/C(C#N)=C/c1ccc(Cl)cc1)c1ccccc1. The Bertz CT molecular complexity index is 942. The molecule has 0 aliphatic carbocycles. The molecule has 0 aliphatic rings. The van der Waals surface area contributed by atoms with Crippen LogP contribution in [-0.2, 0) is 14.3 Å². The summed E-state index contributed by atoms with van der Waals surface area (Å²) in [4.78, 5) is 26.0. The maximum atomic E-state index is 12.5. The zero-order valence-corrected chi connectivity index (χ0v) is 15.6. The van der Waals surface area contributed by atoms with Gasteiger partial charge < -0.3 is 9.64 Å². The van der Waals surface area contributed by atoms with Crippen molar-refractivity contribution >= 4 is 35.2 Å². The van der Waals surface area contributed by atoms with E-state index in [-0.39, 0.29) is 18.5 Å². The quantitative estimate of drug-likeness (QED) is 0.405. The molecule has 140 valence electrons. The molecule has 0 fully saturated rings. The highest BCUT2D eigenvalue weighted by atomic mass is 35.5. The molecule has 0 saturated heterocycles. The van der Waals surface area contributed by atoms with E-state index in [1.165, 1.54) is 11.0 Å². The van der Waals surface area contributed by atoms with Gasteiger partial charge in [0.2, 0.25) is 0 Å². The van der Waals surface area contributed by atoms with Gasteiger partial charge in [-0.15, -0.1) is 0 Å². The maximum Gasteiger partial charge on any atom is 0.349 e. The number of hydrogen-bond donors (Lipinski definition) is 0. The summed E-state index contributed by atoms with van der Waals surface area (Å²) in [6.45, 7) is -0.374. The molecule has 1 amide bonds. The fraction of sp³-hybridized carbons (Fsp3) is 0.143. The van der Waals surface area contributed by atoms with Gasteiger partial charge in [0.15, 0.2) is 6.61 Å². The number of esters is 1. The van der Waals surface area contributed by atoms with Gasteiger partial charge in [-0.05, 0) is 35.9 Å². The molecule has 28 heavy (non-hydrogen) atoms. The largest absolute Gasteiger partial charge is 0.451 e. The number of rotatable bonds is 7. The van der Waals surface area contributed by atoms with Crippen LogP contribution in [0.3, 0.4) is 0 Å². The lowest BCUT2D eigenvalue weighted by Gasteiger charge is -2.21. The molecule has 0 aromatic heterocycles. The summed E-state index contributed by atoms with van der Waals surface area (Å²) in [6.07, 6.45) is 1.49. The number of amides is 1. The lowest BCUT2D eigenvalue weighted by atomic mass is 10.1. The Morgan fingerprint density at radius 3 is 2.36 bits per heavy atom. The van der Waals surface area contributed by atoms with Crippen LogP contribution in [0.15, 0.2) is 60.2 Å². The molecule has 7 heteroatoms. The molecule has 0 spiro atoms. The molecular weight excluding hydrogens is 378 g/mol. The highest BCUT2D eigenvalue weighted by Crippen LogP contribution is 2.15. The Hall–Kier alpha value is -3.61. The molecule has 6 nitrogen and oxygen atoms in total. The van der Waals surface area contributed by atoms with Gasteiger partial charge in [-0.25, -0.2) is 4.79 Å². The minimum Gasteiger partial charge on any atom is -0.451 e. The van der Waals surface area contributed by atoms with Gasteiger partial charge in [-0.2, -0.15) is 10.5 Å². The van der Waals surface area contributed by atoms with Crippen LogP contribution < -0.4 is 4.90 Å². The molecular formula is C21H16ClN3O3. The molecule has 0 radical (unpaired) electrons. The highest BCUT2D eigenvalue weighted by Gasteiger charge is 2.19. The van der Waals surface area contributed by atoms with Crippen LogP contribution in [-0.4, -0.2) is 25.0 Å². The average Bonchev–Trinajstić information content (AvgIpc) is 2.72. The van der Waals surface area contributed by atoms with E-state index < -0.39 is 18.5 Å². The molecule has 0 unspecified atom stereocenters. The number of carbonyl (C=O) groups is 2. The fourth-order valence-electron chi connectivity index (χ4n) is 2.31. The molecule has 0 N–H and O–H groups in total. The summed E-state index contributed by atoms with van der Waals surface area (Å²) >= 11 is 5.81. The molecule has 0 saturated carbocycles. The second-order valence-corrected chi connectivity index (χ2v) is 6.02. The predicted molar refractivity (Wildman–Crippen MR) is 105 cm³/mol. The van der Waals surface area contributed by atoms with Gasteiger partial charge in [0.1, 0.15) is 11.6 Å². The van der Waals surface area contributed by atoms with Gasteiger partial charge in [0, 0.05) is 17.3 Å². The first-order valence-electron chi connectivity index (χ1n) is 8.32. The van der Waals surface area contributed by atoms with Crippen molar-refractivity contribution in [2.75, 3.05) is 18.1 Å². The third-order valence-corrected chi connectivity index (χ3v) is 3.92. The molecule has 2 aromatic carbocycles. The van der Waals surface area contributed by atoms with Gasteiger partial charge >= 0.3 is 5.97 Å². The Morgan fingerprint density at radius 2 is 1.75 bits per heavy atom. The van der Waals surface area contributed by atoms with Crippen molar-refractivity contribution in [2.45, 2.75) is 6.42 Å². The monoisotopic (exact) mass is 393 g/mol. The topological polar surface area (TPSA) is 94.2 Å². The lowest BCUT2D eigenvalue weighted by Crippen LogP contribution is -2.35. The molecule has 2 aromatic rings. The van der Waals surface area contributed by atoms with Gasteiger partial charge in [0.05, 0.1) is 12.5 Å². The van der Waals surface area contributed by atoms with Crippen molar-refractivity contribution in [2.24, 2.45) is 0 Å². The Labute approximate surface area is 167 Å². The summed E-state index contributed by atoms with van der Waals surface area (Å²) in [5.74, 6) is -1.39. The first-order valence-corrected chi connectivity index (χ1v) is 8.70. The van der Waals surface area contributed by atoms with E-state index in [0.717, 1.165) is 0 Å². The second-order valence-electron chi connectivity index (χ2n) is 5.59. The van der Waals surface area contributed by atoms with Gasteiger partial charge in [-0.1, -0.05) is 41.9 Å². The number of para-hydroxylation sites is 1. The second kappa shape index (κ2) is 10.5. The number of benzene rings is 2. The van der Waals surface area contributed by atoms with Crippen molar-refractivity contribution < 1.29 is 14.3 Å². The summed E-state index contributed by atoms with van der Waals surface area (Å²) in [5.41, 5.74) is 0.957. The van der Waals surface area contributed by atoms with Gasteiger partial charge in [0.25, 0.3) is 5.91 Å². The smallest absolute Gasteiger partial charge is 0.349 e. The fourth-order valence-corrected chi connectivity index (χ4v) is 2.44. The van der Waals surface area contributed by atoms with Crippen molar-refractivity contribution in [3.63, 3.8) is 0 Å². The Morgan fingerprint density at radius 1 is 1.07 bits per heavy atom. The summed E-state index contributed by atoms with van der Waals surface area (Å²) in [6, 6.07) is 19.1. The van der Waals surface area contributed by atoms with E-state index in [1.807, 2.05) is 6.07 Å². The van der Waals surface area contributed by atoms with E-state index in [0.29, 0.717) is 16.3 Å². The third kappa shape index (κ3) is 5.98. The average molecular weight is 394 g/mol. The number of nitriles is 2. The summed E-state index contributed by atoms with van der Waals surface area (Å²) in [5, 5.41) is 18.5. The van der Waals surface area contributed by atoms with E-state index in [9.17, 15) is 14.9 Å². The first-order chi connectivity index (χ1) is 13.5. The van der Waals surface area contributed by atoms with Crippen LogP contribution in [0.2, 0.25) is 5.02 Å². The van der Waals surface area contributed by atoms with Crippen LogP contribution in [0.1, 0.15) is 12.0 Å². The number of halogens is 1. The van der Waals surface area contributed by atoms with Crippen molar-refractivity contribution in [3.8, 4) is 12.1 Å². The lowest BCUT2D eigenvalue weighted by molar-refractivity contribution is -0.143. The minimum absolute atomic E-state index is 0.133. The van der Waals surface area contributed by atoms with Crippen LogP contribution in [0, 0.1) is 22.7 Å². The standard InChI is InChI=1S/C21H16ClN3O3/c22-18-9-7-16(8-10-18)13-17(14-24)21(27)28-15-20(26)25(12-4-11-23)19-5-2-1-3-6-19/h1-3,5-10,13H,4,12,15H2/b17-13+. The van der Waals surface area contributed by atoms with Gasteiger partial charge in [-0.3, -0.25) is 4.79 Å². The Kier molecular flexibility index (Phi) is 7.77. The van der Waals surface area contributed by atoms with E-state index >= 15 is 0 Å². The predicted octanol–water partition coefficient (Wildman–Crippen LogP) is 3.74. The third-order valence-electron chi connectivity index (χ3n) is 3.66. The molecule has 2 rings (SSSR count). The highest BCUT2D eigenvalue weighted by molar-refractivity contribution is 6.30. The van der Waals surface area contributed by atoms with Crippen LogP contribution >= 0.6 is 11.6 Å². The first kappa shape index (κ1) is 20.7. The van der Waals surface area contributed by atoms with Crippen LogP contribution in [0.4, 0.5) is 5.69 Å². The van der Waals surface area contributed by atoms with Crippen LogP contribution in [0.5, 0.6) is 0 Å². The minimum atomic E-state index is -0.904. The van der Waals surface area contributed by atoms with Crippen molar-refractivity contribution in [1.82, 2.24) is 0 Å². The van der Waals surface area contributed by atoms with E-state index in [2.05, 4.69) is 0 Å².